The molecule has 74 valence electrons. The van der Waals surface area contributed by atoms with Gasteiger partial charge in [0.05, 0.1) is 0 Å². The van der Waals surface area contributed by atoms with E-state index in [4.69, 9.17) is 0 Å². The van der Waals surface area contributed by atoms with Gasteiger partial charge in [0.2, 0.25) is 0 Å². The Morgan fingerprint density at radius 3 is 3.00 bits per heavy atom. The first kappa shape index (κ1) is 8.81. The van der Waals surface area contributed by atoms with E-state index in [-0.39, 0.29) is 6.03 Å². The van der Waals surface area contributed by atoms with E-state index in [2.05, 4.69) is 5.32 Å². The number of carbonyl (C=O) groups excluding carboxylic acids is 1. The summed E-state index contributed by atoms with van der Waals surface area (Å²) < 4.78 is 0. The van der Waals surface area contributed by atoms with Crippen LogP contribution in [0.15, 0.2) is 0 Å². The second-order valence-corrected chi connectivity index (χ2v) is 3.90. The van der Waals surface area contributed by atoms with Crippen molar-refractivity contribution in [1.82, 2.24) is 15.1 Å². The molecular formula is C9H17N3O. The molecule has 0 aromatic carbocycles. The van der Waals surface area contributed by atoms with Crippen molar-refractivity contribution in [2.75, 3.05) is 33.2 Å². The first-order valence-electron chi connectivity index (χ1n) is 5.01. The molecule has 2 saturated heterocycles. The molecule has 2 amide bonds. The van der Waals surface area contributed by atoms with Crippen LogP contribution >= 0.6 is 0 Å². The van der Waals surface area contributed by atoms with Crippen LogP contribution in [0.2, 0.25) is 0 Å². The van der Waals surface area contributed by atoms with Crippen molar-refractivity contribution in [1.29, 1.82) is 0 Å². The highest BCUT2D eigenvalue weighted by atomic mass is 16.2. The third-order valence-electron chi connectivity index (χ3n) is 2.94. The molecule has 2 aliphatic rings. The summed E-state index contributed by atoms with van der Waals surface area (Å²) in [6.07, 6.45) is 2.22. The first-order chi connectivity index (χ1) is 6.29. The Hall–Kier alpha value is -0.770. The molecule has 2 heterocycles. The van der Waals surface area contributed by atoms with Gasteiger partial charge < -0.3 is 15.1 Å². The molecule has 0 bridgehead atoms. The maximum Gasteiger partial charge on any atom is 0.320 e. The minimum Gasteiger partial charge on any atom is -0.328 e. The largest absolute Gasteiger partial charge is 0.328 e. The summed E-state index contributed by atoms with van der Waals surface area (Å²) in [6.45, 7) is 3.88. The minimum absolute atomic E-state index is 0.208. The second-order valence-electron chi connectivity index (χ2n) is 3.90. The number of rotatable bonds is 1. The third-order valence-corrected chi connectivity index (χ3v) is 2.94. The number of nitrogens with one attached hydrogen (secondary N) is 1. The summed E-state index contributed by atoms with van der Waals surface area (Å²) >= 11 is 0. The van der Waals surface area contributed by atoms with Gasteiger partial charge in [0.1, 0.15) is 0 Å². The number of hydrogen-bond donors (Lipinski definition) is 1. The molecule has 1 atom stereocenters. The van der Waals surface area contributed by atoms with E-state index in [9.17, 15) is 4.79 Å². The fourth-order valence-corrected chi connectivity index (χ4v) is 2.13. The Kier molecular flexibility index (Phi) is 2.40. The molecule has 0 aromatic heterocycles. The number of carbonyl (C=O) groups is 1. The molecule has 0 saturated carbocycles. The van der Waals surface area contributed by atoms with Gasteiger partial charge in [0.25, 0.3) is 0 Å². The van der Waals surface area contributed by atoms with Crippen LogP contribution in [0, 0.1) is 0 Å². The second kappa shape index (κ2) is 3.54. The number of urea groups is 1. The van der Waals surface area contributed by atoms with Gasteiger partial charge in [-0.3, -0.25) is 0 Å². The normalized spacial score (nSPS) is 29.9. The van der Waals surface area contributed by atoms with Gasteiger partial charge in [-0.05, 0) is 19.4 Å². The predicted octanol–water partition coefficient (Wildman–Crippen LogP) is 0.106. The molecule has 2 rings (SSSR count). The smallest absolute Gasteiger partial charge is 0.320 e. The van der Waals surface area contributed by atoms with Gasteiger partial charge in [-0.15, -0.1) is 0 Å². The van der Waals surface area contributed by atoms with Crippen molar-refractivity contribution in [2.45, 2.75) is 18.9 Å². The molecule has 0 aliphatic carbocycles. The van der Waals surface area contributed by atoms with Crippen LogP contribution in [-0.2, 0) is 0 Å². The molecule has 4 heteroatoms. The molecule has 0 spiro atoms. The van der Waals surface area contributed by atoms with Crippen LogP contribution in [0.3, 0.4) is 0 Å². The van der Waals surface area contributed by atoms with Crippen LogP contribution in [0.4, 0.5) is 4.79 Å². The van der Waals surface area contributed by atoms with E-state index >= 15 is 0 Å². The fourth-order valence-electron chi connectivity index (χ4n) is 2.13. The van der Waals surface area contributed by atoms with Gasteiger partial charge in [0.15, 0.2) is 0 Å². The van der Waals surface area contributed by atoms with E-state index in [1.54, 1.807) is 0 Å². The van der Waals surface area contributed by atoms with Crippen molar-refractivity contribution in [3.05, 3.63) is 0 Å². The Morgan fingerprint density at radius 2 is 2.31 bits per heavy atom. The van der Waals surface area contributed by atoms with E-state index < -0.39 is 0 Å². The van der Waals surface area contributed by atoms with Crippen molar-refractivity contribution in [3.63, 3.8) is 0 Å². The molecule has 1 N–H and O–H groups in total. The lowest BCUT2D eigenvalue weighted by molar-refractivity contribution is 0.122. The first-order valence-corrected chi connectivity index (χ1v) is 5.01. The van der Waals surface area contributed by atoms with Gasteiger partial charge in [-0.25, -0.2) is 4.79 Å². The topological polar surface area (TPSA) is 35.6 Å². The zero-order valence-corrected chi connectivity index (χ0v) is 8.12. The molecule has 0 unspecified atom stereocenters. The number of nitrogens with zero attached hydrogens (tertiary/aromatic N) is 2. The van der Waals surface area contributed by atoms with Gasteiger partial charge in [0, 0.05) is 32.7 Å². The van der Waals surface area contributed by atoms with Crippen molar-refractivity contribution in [2.24, 2.45) is 0 Å². The zero-order valence-electron chi connectivity index (χ0n) is 8.12. The van der Waals surface area contributed by atoms with Gasteiger partial charge in [-0.2, -0.15) is 0 Å². The monoisotopic (exact) mass is 183 g/mol. The number of amides is 2. The summed E-state index contributed by atoms with van der Waals surface area (Å²) in [7, 11) is 1.89. The quantitative estimate of drug-likeness (QED) is 0.626. The van der Waals surface area contributed by atoms with Gasteiger partial charge in [-0.1, -0.05) is 0 Å². The van der Waals surface area contributed by atoms with Crippen LogP contribution in [0.5, 0.6) is 0 Å². The lowest BCUT2D eigenvalue weighted by Crippen LogP contribution is -2.52. The van der Waals surface area contributed by atoms with Crippen molar-refractivity contribution < 1.29 is 4.79 Å². The predicted molar refractivity (Wildman–Crippen MR) is 50.6 cm³/mol. The summed E-state index contributed by atoms with van der Waals surface area (Å²) in [5.74, 6) is 0. The van der Waals surface area contributed by atoms with Crippen LogP contribution < -0.4 is 5.32 Å². The van der Waals surface area contributed by atoms with E-state index in [0.29, 0.717) is 6.04 Å². The van der Waals surface area contributed by atoms with Crippen molar-refractivity contribution in [3.8, 4) is 0 Å². The minimum atomic E-state index is 0.208. The Bertz CT molecular complexity index is 201. The van der Waals surface area contributed by atoms with E-state index in [0.717, 1.165) is 39.0 Å². The average Bonchev–Trinajstić information content (AvgIpc) is 2.62. The zero-order chi connectivity index (χ0) is 9.26. The maximum atomic E-state index is 11.7. The van der Waals surface area contributed by atoms with Crippen LogP contribution in [0.1, 0.15) is 12.8 Å². The summed E-state index contributed by atoms with van der Waals surface area (Å²) in [5.41, 5.74) is 0. The highest BCUT2D eigenvalue weighted by Crippen LogP contribution is 2.15. The molecule has 2 fully saturated rings. The maximum absolute atomic E-state index is 11.7. The average molecular weight is 183 g/mol. The summed E-state index contributed by atoms with van der Waals surface area (Å²) in [4.78, 5) is 15.6. The van der Waals surface area contributed by atoms with Crippen molar-refractivity contribution >= 4 is 6.03 Å². The molecule has 0 aromatic rings. The Morgan fingerprint density at radius 1 is 1.46 bits per heavy atom. The highest BCUT2D eigenvalue weighted by molar-refractivity contribution is 5.75. The highest BCUT2D eigenvalue weighted by Gasteiger charge is 2.30. The number of hydrogen-bond acceptors (Lipinski definition) is 2. The standard InChI is InChI=1S/C9H17N3O/c1-11-5-2-6-12(9(11)13)8-3-4-10-7-8/h8,10H,2-7H2,1H3/t8-/m1/s1. The molecule has 0 radical (unpaired) electrons. The SMILES string of the molecule is CN1CCCN([C@@H]2CCNC2)C1=O. The van der Waals surface area contributed by atoms with Crippen LogP contribution in [-0.4, -0.2) is 55.1 Å². The van der Waals surface area contributed by atoms with E-state index in [1.807, 2.05) is 16.8 Å². The lowest BCUT2D eigenvalue weighted by atomic mass is 10.2. The summed E-state index contributed by atoms with van der Waals surface area (Å²) in [6, 6.07) is 0.648. The molecule has 4 nitrogen and oxygen atoms in total. The van der Waals surface area contributed by atoms with Crippen LogP contribution in [0.25, 0.3) is 0 Å². The Labute approximate surface area is 78.9 Å². The lowest BCUT2D eigenvalue weighted by Gasteiger charge is -2.36. The summed E-state index contributed by atoms with van der Waals surface area (Å²) in [5, 5.41) is 3.29. The Balaban J connectivity index is 2.00. The van der Waals surface area contributed by atoms with E-state index in [1.165, 1.54) is 0 Å². The molecular weight excluding hydrogens is 166 g/mol. The molecule has 2 aliphatic heterocycles. The fraction of sp³-hybridized carbons (Fsp3) is 0.889. The van der Waals surface area contributed by atoms with Gasteiger partial charge >= 0.3 is 6.03 Å². The molecule has 13 heavy (non-hydrogen) atoms. The third kappa shape index (κ3) is 1.63.